The van der Waals surface area contributed by atoms with Gasteiger partial charge in [0, 0.05) is 21.5 Å². The van der Waals surface area contributed by atoms with Gasteiger partial charge in [0.15, 0.2) is 0 Å². The van der Waals surface area contributed by atoms with E-state index in [1.165, 1.54) is 0 Å². The van der Waals surface area contributed by atoms with E-state index in [0.29, 0.717) is 22.5 Å². The highest BCUT2D eigenvalue weighted by molar-refractivity contribution is 6.16. The van der Waals surface area contributed by atoms with Gasteiger partial charge in [0.05, 0.1) is 44.6 Å². The van der Waals surface area contributed by atoms with E-state index in [2.05, 4.69) is 118 Å². The maximum absolute atomic E-state index is 10.6. The maximum Gasteiger partial charge on any atom is 0.101 e. The third-order valence-electron chi connectivity index (χ3n) is 8.92. The van der Waals surface area contributed by atoms with E-state index in [4.69, 9.17) is 0 Å². The summed E-state index contributed by atoms with van der Waals surface area (Å²) in [7, 11) is 0. The lowest BCUT2D eigenvalue weighted by Gasteiger charge is -2.19. The molecular weight excluding hydrogens is 536 g/mol. The molecule has 0 saturated carbocycles. The van der Waals surface area contributed by atoms with E-state index >= 15 is 0 Å². The van der Waals surface area contributed by atoms with Crippen LogP contribution in [0.1, 0.15) is 11.1 Å². The number of hydrogen-bond acceptors (Lipinski definition) is 2. The van der Waals surface area contributed by atoms with Crippen LogP contribution < -0.4 is 0 Å². The van der Waals surface area contributed by atoms with Crippen LogP contribution in [0.3, 0.4) is 0 Å². The van der Waals surface area contributed by atoms with Crippen molar-refractivity contribution in [3.8, 4) is 23.5 Å². The van der Waals surface area contributed by atoms with Gasteiger partial charge >= 0.3 is 0 Å². The Hall–Kier alpha value is -6.36. The van der Waals surface area contributed by atoms with E-state index in [9.17, 15) is 10.5 Å². The van der Waals surface area contributed by atoms with Crippen molar-refractivity contribution in [1.29, 1.82) is 10.5 Å². The fraction of sp³-hybridized carbons (Fsp3) is 0. The molecule has 2 aromatic heterocycles. The van der Waals surface area contributed by atoms with Crippen molar-refractivity contribution in [2.75, 3.05) is 0 Å². The topological polar surface area (TPSA) is 57.4 Å². The Morgan fingerprint density at radius 1 is 0.364 bits per heavy atom. The molecule has 0 aliphatic heterocycles. The van der Waals surface area contributed by atoms with Gasteiger partial charge < -0.3 is 9.13 Å². The van der Waals surface area contributed by atoms with Gasteiger partial charge in [-0.2, -0.15) is 10.5 Å². The van der Waals surface area contributed by atoms with Crippen LogP contribution >= 0.6 is 0 Å². The Morgan fingerprint density at radius 2 is 0.727 bits per heavy atom. The van der Waals surface area contributed by atoms with Crippen molar-refractivity contribution in [2.24, 2.45) is 0 Å². The smallest absolute Gasteiger partial charge is 0.101 e. The molecule has 4 heteroatoms. The first-order chi connectivity index (χ1) is 21.7. The van der Waals surface area contributed by atoms with Gasteiger partial charge in [-0.15, -0.1) is 0 Å². The van der Waals surface area contributed by atoms with Crippen LogP contribution in [0.15, 0.2) is 133 Å². The van der Waals surface area contributed by atoms with Crippen LogP contribution in [0.25, 0.3) is 76.5 Å². The number of para-hydroxylation sites is 2. The molecule has 0 atom stereocenters. The van der Waals surface area contributed by atoms with E-state index in [1.807, 2.05) is 24.3 Å². The summed E-state index contributed by atoms with van der Waals surface area (Å²) >= 11 is 0. The van der Waals surface area contributed by atoms with E-state index in [1.54, 1.807) is 12.1 Å². The molecule has 0 saturated heterocycles. The molecule has 202 valence electrons. The molecule has 9 rings (SSSR count). The van der Waals surface area contributed by atoms with Gasteiger partial charge in [-0.25, -0.2) is 0 Å². The van der Waals surface area contributed by atoms with Crippen LogP contribution in [-0.2, 0) is 0 Å². The Morgan fingerprint density at radius 3 is 1.14 bits per heavy atom. The van der Waals surface area contributed by atoms with E-state index in [-0.39, 0.29) is 0 Å². The maximum atomic E-state index is 10.6. The van der Waals surface area contributed by atoms with Gasteiger partial charge in [-0.1, -0.05) is 84.9 Å². The monoisotopic (exact) mass is 558 g/mol. The molecule has 44 heavy (non-hydrogen) atoms. The van der Waals surface area contributed by atoms with Crippen LogP contribution in [0.5, 0.6) is 0 Å². The molecule has 0 unspecified atom stereocenters. The number of rotatable bonds is 2. The first kappa shape index (κ1) is 24.3. The lowest BCUT2D eigenvalue weighted by Crippen LogP contribution is -2.08. The molecule has 0 bridgehead atoms. The Bertz CT molecular complexity index is 2550. The predicted octanol–water partition coefficient (Wildman–Crippen LogP) is 9.93. The molecule has 0 aliphatic rings. The fourth-order valence-corrected chi connectivity index (χ4v) is 7.00. The minimum atomic E-state index is 0.501. The van der Waals surface area contributed by atoms with E-state index in [0.717, 1.165) is 65.2 Å². The Balaban J connectivity index is 1.53. The molecule has 0 radical (unpaired) electrons. The van der Waals surface area contributed by atoms with Gasteiger partial charge in [0.1, 0.15) is 12.1 Å². The summed E-state index contributed by atoms with van der Waals surface area (Å²) < 4.78 is 4.38. The van der Waals surface area contributed by atoms with E-state index < -0.39 is 0 Å². The third-order valence-corrected chi connectivity index (χ3v) is 8.92. The lowest BCUT2D eigenvalue weighted by atomic mass is 10.0. The summed E-state index contributed by atoms with van der Waals surface area (Å²) in [5, 5.41) is 30.2. The highest BCUT2D eigenvalue weighted by Gasteiger charge is 2.25. The van der Waals surface area contributed by atoms with Gasteiger partial charge in [-0.3, -0.25) is 0 Å². The molecule has 0 fully saturated rings. The molecular formula is C40H22N4. The Labute approximate surface area is 252 Å². The highest BCUT2D eigenvalue weighted by atomic mass is 15.1. The summed E-state index contributed by atoms with van der Waals surface area (Å²) in [6.45, 7) is 0. The quantitative estimate of drug-likeness (QED) is 0.212. The zero-order chi connectivity index (χ0) is 29.4. The molecule has 0 amide bonds. The standard InChI is InChI=1S/C40H22N4/c41-23-29-17-18-30(24-42)40(44-36-16-8-6-14-32(36)34-20-26-10-2-4-12-28(26)22-38(34)44)39(29)43-35-15-7-5-13-31(35)33-19-25-9-1-3-11-27(25)21-37(33)43/h1-22H. The SMILES string of the molecule is N#Cc1ccc(C#N)c(-n2c3ccccc3c3cc4ccccc4cc32)c1-n1c2ccccc2c2cc3ccccc3cc21. The van der Waals surface area contributed by atoms with Gasteiger partial charge in [0.25, 0.3) is 0 Å². The van der Waals surface area contributed by atoms with Gasteiger partial charge in [-0.05, 0) is 70.1 Å². The second-order valence-electron chi connectivity index (χ2n) is 11.2. The van der Waals surface area contributed by atoms with Crippen molar-refractivity contribution < 1.29 is 0 Å². The summed E-state index contributed by atoms with van der Waals surface area (Å²) in [5.41, 5.74) is 6.34. The number of aromatic nitrogens is 2. The van der Waals surface area contributed by atoms with Gasteiger partial charge in [0.2, 0.25) is 0 Å². The van der Waals surface area contributed by atoms with Crippen molar-refractivity contribution in [3.05, 3.63) is 145 Å². The molecule has 7 aromatic carbocycles. The van der Waals surface area contributed by atoms with Crippen LogP contribution in [0.2, 0.25) is 0 Å². The molecule has 0 N–H and O–H groups in total. The predicted molar refractivity (Wildman–Crippen MR) is 180 cm³/mol. The first-order valence-corrected chi connectivity index (χ1v) is 14.6. The van der Waals surface area contributed by atoms with Crippen molar-refractivity contribution >= 4 is 65.2 Å². The number of nitrogens with zero attached hydrogens (tertiary/aromatic N) is 4. The van der Waals surface area contributed by atoms with Crippen molar-refractivity contribution in [2.45, 2.75) is 0 Å². The minimum Gasteiger partial charge on any atom is -0.306 e. The van der Waals surface area contributed by atoms with Crippen LogP contribution in [0, 0.1) is 22.7 Å². The third kappa shape index (κ3) is 3.25. The molecule has 0 aliphatic carbocycles. The summed E-state index contributed by atoms with van der Waals surface area (Å²) in [4.78, 5) is 0. The second-order valence-corrected chi connectivity index (χ2v) is 11.2. The number of fused-ring (bicyclic) bond motifs is 8. The van der Waals surface area contributed by atoms with Crippen molar-refractivity contribution in [1.82, 2.24) is 9.13 Å². The molecule has 2 heterocycles. The summed E-state index contributed by atoms with van der Waals surface area (Å²) in [6, 6.07) is 50.7. The highest BCUT2D eigenvalue weighted by Crippen LogP contribution is 2.42. The number of nitriles is 2. The normalized spacial score (nSPS) is 11.6. The minimum absolute atomic E-state index is 0.501. The average Bonchev–Trinajstić information content (AvgIpc) is 3.57. The van der Waals surface area contributed by atoms with Crippen LogP contribution in [-0.4, -0.2) is 9.13 Å². The fourth-order valence-electron chi connectivity index (χ4n) is 7.00. The largest absolute Gasteiger partial charge is 0.306 e. The zero-order valence-electron chi connectivity index (χ0n) is 23.5. The first-order valence-electron chi connectivity index (χ1n) is 14.6. The Kier molecular flexibility index (Phi) is 5.00. The molecule has 9 aromatic rings. The van der Waals surface area contributed by atoms with Crippen molar-refractivity contribution in [3.63, 3.8) is 0 Å². The van der Waals surface area contributed by atoms with Crippen LogP contribution in [0.4, 0.5) is 0 Å². The molecule has 0 spiro atoms. The average molecular weight is 559 g/mol. The second kappa shape index (κ2) is 9.07. The summed E-state index contributed by atoms with van der Waals surface area (Å²) in [6.07, 6.45) is 0. The number of hydrogen-bond donors (Lipinski definition) is 0. The lowest BCUT2D eigenvalue weighted by molar-refractivity contribution is 1.08. The molecule has 4 nitrogen and oxygen atoms in total. The zero-order valence-corrected chi connectivity index (χ0v) is 23.5. The number of benzene rings is 7. The summed E-state index contributed by atoms with van der Waals surface area (Å²) in [5.74, 6) is 0.